The molecule has 44 heavy (non-hydrogen) atoms. The molecule has 0 amide bonds. The molecule has 0 saturated carbocycles. The van der Waals surface area contributed by atoms with Crippen LogP contribution in [0.3, 0.4) is 0 Å². The van der Waals surface area contributed by atoms with Gasteiger partial charge in [-0.05, 0) is 84.3 Å². The molecule has 3 nitrogen and oxygen atoms in total. The van der Waals surface area contributed by atoms with E-state index >= 15 is 0 Å². The Kier molecular flexibility index (Phi) is 4.67. The van der Waals surface area contributed by atoms with Crippen LogP contribution >= 0.6 is 0 Å². The largest absolute Gasteiger partial charge is 0.315 e. The summed E-state index contributed by atoms with van der Waals surface area (Å²) in [5.41, 5.74) is 16.7. The Hall–Kier alpha value is -5.48. The number of hydrogen-bond acceptors (Lipinski definition) is 1. The molecule has 4 heteroatoms. The van der Waals surface area contributed by atoms with Gasteiger partial charge in [0, 0.05) is 55.8 Å². The second-order valence-electron chi connectivity index (χ2n) is 12.2. The Bertz CT molecular complexity index is 2470. The third kappa shape index (κ3) is 2.93. The lowest BCUT2D eigenvalue weighted by molar-refractivity contribution is 1.04. The van der Waals surface area contributed by atoms with Crippen molar-refractivity contribution in [1.82, 2.24) is 9.13 Å². The lowest BCUT2D eigenvalue weighted by Crippen LogP contribution is -2.60. The molecule has 0 saturated heterocycles. The number of benzene rings is 6. The van der Waals surface area contributed by atoms with Crippen LogP contribution < -0.4 is 21.3 Å². The van der Waals surface area contributed by atoms with Crippen molar-refractivity contribution in [2.24, 2.45) is 0 Å². The first-order chi connectivity index (χ1) is 21.7. The van der Waals surface area contributed by atoms with Crippen LogP contribution in [0.2, 0.25) is 0 Å². The van der Waals surface area contributed by atoms with Crippen molar-refractivity contribution in [1.29, 1.82) is 0 Å². The standard InChI is InChI=1S/C40H28BN3/c1-25-26(2)42-35-21-12-22-36-39(35)41(32-19-11-18-29(25)40(32)42)33-23-31-30-17-9-10-20-34(30)43(27-13-5-3-6-14-27)37(31)24-38(33)44(36)28-15-7-4-8-16-28/h3-24H,1-2H3. The topological polar surface area (TPSA) is 13.1 Å². The highest BCUT2D eigenvalue weighted by atomic mass is 15.2. The van der Waals surface area contributed by atoms with Crippen molar-refractivity contribution >= 4 is 72.9 Å². The third-order valence-corrected chi connectivity index (χ3v) is 10.1. The molecule has 8 aromatic rings. The Labute approximate surface area is 256 Å². The zero-order valence-corrected chi connectivity index (χ0v) is 24.6. The van der Waals surface area contributed by atoms with Crippen molar-refractivity contribution in [2.75, 3.05) is 4.90 Å². The Morgan fingerprint density at radius 1 is 0.477 bits per heavy atom. The van der Waals surface area contributed by atoms with Gasteiger partial charge in [-0.25, -0.2) is 0 Å². The second kappa shape index (κ2) is 8.55. The van der Waals surface area contributed by atoms with Crippen LogP contribution in [0.1, 0.15) is 11.3 Å². The number of nitrogens with zero attached hydrogens (tertiary/aromatic N) is 3. The zero-order chi connectivity index (χ0) is 29.1. The minimum atomic E-state index is 0.129. The van der Waals surface area contributed by atoms with Gasteiger partial charge >= 0.3 is 0 Å². The van der Waals surface area contributed by atoms with Gasteiger partial charge in [-0.2, -0.15) is 0 Å². The van der Waals surface area contributed by atoms with Crippen LogP contribution in [0, 0.1) is 13.8 Å². The summed E-state index contributed by atoms with van der Waals surface area (Å²) in [5.74, 6) is 0. The Balaban J connectivity index is 1.40. The molecule has 0 N–H and O–H groups in total. The molecule has 0 aliphatic carbocycles. The highest BCUT2D eigenvalue weighted by molar-refractivity contribution is 7.00. The maximum Gasteiger partial charge on any atom is 0.252 e. The van der Waals surface area contributed by atoms with E-state index in [9.17, 15) is 0 Å². The van der Waals surface area contributed by atoms with Crippen LogP contribution in [-0.4, -0.2) is 15.8 Å². The van der Waals surface area contributed by atoms with Crippen molar-refractivity contribution in [3.8, 4) is 11.4 Å². The molecular formula is C40H28BN3. The molecule has 0 fully saturated rings. The summed E-state index contributed by atoms with van der Waals surface area (Å²) >= 11 is 0. The zero-order valence-electron chi connectivity index (χ0n) is 24.6. The fourth-order valence-corrected chi connectivity index (χ4v) is 8.17. The Morgan fingerprint density at radius 3 is 1.98 bits per heavy atom. The molecule has 2 aliphatic rings. The molecule has 206 valence electrons. The number of fused-ring (bicyclic) bond motifs is 7. The third-order valence-electron chi connectivity index (χ3n) is 10.1. The number of aromatic nitrogens is 2. The minimum absolute atomic E-state index is 0.129. The number of aryl methyl sites for hydroxylation is 1. The van der Waals surface area contributed by atoms with Gasteiger partial charge in [0.15, 0.2) is 0 Å². The van der Waals surface area contributed by atoms with E-state index in [1.807, 2.05) is 0 Å². The van der Waals surface area contributed by atoms with E-state index < -0.39 is 0 Å². The number of anilines is 3. The first kappa shape index (κ1) is 24.0. The second-order valence-corrected chi connectivity index (χ2v) is 12.2. The predicted octanol–water partition coefficient (Wildman–Crippen LogP) is 7.96. The summed E-state index contributed by atoms with van der Waals surface area (Å²) in [6, 6.07) is 49.2. The van der Waals surface area contributed by atoms with Crippen LogP contribution in [0.25, 0.3) is 44.1 Å². The van der Waals surface area contributed by atoms with Crippen LogP contribution in [0.5, 0.6) is 0 Å². The van der Waals surface area contributed by atoms with E-state index in [2.05, 4.69) is 161 Å². The first-order valence-electron chi connectivity index (χ1n) is 15.4. The molecule has 0 unspecified atom stereocenters. The van der Waals surface area contributed by atoms with E-state index in [4.69, 9.17) is 0 Å². The van der Waals surface area contributed by atoms with Crippen LogP contribution in [-0.2, 0) is 0 Å². The van der Waals surface area contributed by atoms with Crippen molar-refractivity contribution in [3.05, 3.63) is 145 Å². The van der Waals surface area contributed by atoms with Gasteiger partial charge in [0.25, 0.3) is 6.71 Å². The smallest absolute Gasteiger partial charge is 0.252 e. The molecule has 10 rings (SSSR count). The van der Waals surface area contributed by atoms with Crippen LogP contribution in [0.4, 0.5) is 17.1 Å². The van der Waals surface area contributed by atoms with E-state index in [1.54, 1.807) is 0 Å². The molecule has 4 heterocycles. The molecular weight excluding hydrogens is 533 g/mol. The summed E-state index contributed by atoms with van der Waals surface area (Å²) in [6.45, 7) is 4.67. The fourth-order valence-electron chi connectivity index (χ4n) is 8.17. The SMILES string of the molecule is Cc1c(C)n2c3c(cccc13)B1c3cc4c5ccccc5n(-c5ccccc5)c4cc3N(c3ccccc3)c3cccc-2c31. The van der Waals surface area contributed by atoms with Crippen LogP contribution in [0.15, 0.2) is 133 Å². The van der Waals surface area contributed by atoms with Crippen molar-refractivity contribution in [2.45, 2.75) is 13.8 Å². The van der Waals surface area contributed by atoms with Gasteiger partial charge in [-0.15, -0.1) is 0 Å². The number of rotatable bonds is 2. The van der Waals surface area contributed by atoms with Gasteiger partial charge in [-0.1, -0.05) is 84.9 Å². The van der Waals surface area contributed by atoms with E-state index in [1.165, 1.54) is 88.8 Å². The maximum absolute atomic E-state index is 2.52. The normalized spacial score (nSPS) is 13.1. The minimum Gasteiger partial charge on any atom is -0.315 e. The van der Waals surface area contributed by atoms with Crippen molar-refractivity contribution in [3.63, 3.8) is 0 Å². The molecule has 2 aliphatic heterocycles. The first-order valence-corrected chi connectivity index (χ1v) is 15.4. The average Bonchev–Trinajstić information content (AvgIpc) is 3.53. The van der Waals surface area contributed by atoms with E-state index in [-0.39, 0.29) is 6.71 Å². The predicted molar refractivity (Wildman–Crippen MR) is 186 cm³/mol. The molecule has 0 bridgehead atoms. The summed E-state index contributed by atoms with van der Waals surface area (Å²) in [7, 11) is 0. The lowest BCUT2D eigenvalue weighted by Gasteiger charge is -2.40. The van der Waals surface area contributed by atoms with Gasteiger partial charge in [0.1, 0.15) is 0 Å². The Morgan fingerprint density at radius 2 is 1.16 bits per heavy atom. The van der Waals surface area contributed by atoms with Crippen molar-refractivity contribution < 1.29 is 0 Å². The quantitative estimate of drug-likeness (QED) is 0.195. The molecule has 0 radical (unpaired) electrons. The maximum atomic E-state index is 2.52. The summed E-state index contributed by atoms with van der Waals surface area (Å²) < 4.78 is 4.95. The van der Waals surface area contributed by atoms with Gasteiger partial charge < -0.3 is 14.0 Å². The lowest BCUT2D eigenvalue weighted by atomic mass is 9.33. The van der Waals surface area contributed by atoms with Gasteiger partial charge in [0.05, 0.1) is 11.0 Å². The van der Waals surface area contributed by atoms with E-state index in [0.29, 0.717) is 0 Å². The molecule has 6 aromatic carbocycles. The average molecular weight is 561 g/mol. The molecule has 0 spiro atoms. The summed E-state index contributed by atoms with van der Waals surface area (Å²) in [5, 5.41) is 3.92. The monoisotopic (exact) mass is 561 g/mol. The van der Waals surface area contributed by atoms with Gasteiger partial charge in [0.2, 0.25) is 0 Å². The van der Waals surface area contributed by atoms with E-state index in [0.717, 1.165) is 0 Å². The summed E-state index contributed by atoms with van der Waals surface area (Å²) in [6.07, 6.45) is 0. The number of hydrogen-bond donors (Lipinski definition) is 0. The summed E-state index contributed by atoms with van der Waals surface area (Å²) in [4.78, 5) is 2.49. The highest BCUT2D eigenvalue weighted by Gasteiger charge is 2.42. The number of para-hydroxylation sites is 4. The highest BCUT2D eigenvalue weighted by Crippen LogP contribution is 2.43. The fraction of sp³-hybridized carbons (Fsp3) is 0.0500. The van der Waals surface area contributed by atoms with Gasteiger partial charge in [-0.3, -0.25) is 0 Å². The molecule has 2 aromatic heterocycles. The molecule has 0 atom stereocenters.